The zero-order chi connectivity index (χ0) is 16.9. The average molecular weight is 331 g/mol. The summed E-state index contributed by atoms with van der Waals surface area (Å²) in [6.45, 7) is 3.28. The standard InChI is InChI=1S/C18H22FN3O2/c1-24-13-15-11-16(5-6-20-15)21-7-9-22(10-8-21)17-4-2-3-14(12-23)18(17)19/h2-6,11,23H,7-10,12-13H2,1H3. The van der Waals surface area contributed by atoms with E-state index in [0.29, 0.717) is 17.9 Å². The van der Waals surface area contributed by atoms with Gasteiger partial charge in [0.2, 0.25) is 0 Å². The Hall–Kier alpha value is -2.18. The number of hydrogen-bond acceptors (Lipinski definition) is 5. The van der Waals surface area contributed by atoms with E-state index in [2.05, 4.69) is 9.88 Å². The zero-order valence-corrected chi connectivity index (χ0v) is 13.8. The summed E-state index contributed by atoms with van der Waals surface area (Å²) >= 11 is 0. The van der Waals surface area contributed by atoms with Gasteiger partial charge in [0.25, 0.3) is 0 Å². The third-order valence-corrected chi connectivity index (χ3v) is 4.31. The molecule has 128 valence electrons. The lowest BCUT2D eigenvalue weighted by Crippen LogP contribution is -2.47. The van der Waals surface area contributed by atoms with Gasteiger partial charge in [-0.25, -0.2) is 4.39 Å². The number of piperazine rings is 1. The van der Waals surface area contributed by atoms with E-state index in [0.717, 1.165) is 37.6 Å². The lowest BCUT2D eigenvalue weighted by molar-refractivity contribution is 0.181. The second kappa shape index (κ2) is 7.59. The molecule has 1 aliphatic heterocycles. The van der Waals surface area contributed by atoms with Crippen LogP contribution in [0.5, 0.6) is 0 Å². The molecule has 2 aromatic rings. The third kappa shape index (κ3) is 3.49. The van der Waals surface area contributed by atoms with Crippen molar-refractivity contribution in [2.75, 3.05) is 43.1 Å². The summed E-state index contributed by atoms with van der Waals surface area (Å²) < 4.78 is 19.5. The molecular weight excluding hydrogens is 309 g/mol. The highest BCUT2D eigenvalue weighted by Crippen LogP contribution is 2.25. The van der Waals surface area contributed by atoms with E-state index in [1.807, 2.05) is 17.0 Å². The first-order valence-corrected chi connectivity index (χ1v) is 8.05. The Balaban J connectivity index is 1.69. The minimum atomic E-state index is -0.320. The molecule has 0 amide bonds. The van der Waals surface area contributed by atoms with Crippen LogP contribution in [0, 0.1) is 5.82 Å². The second-order valence-corrected chi connectivity index (χ2v) is 5.82. The number of hydrogen-bond donors (Lipinski definition) is 1. The monoisotopic (exact) mass is 331 g/mol. The summed E-state index contributed by atoms with van der Waals surface area (Å²) in [6, 6.07) is 9.20. The summed E-state index contributed by atoms with van der Waals surface area (Å²) in [5, 5.41) is 9.22. The maximum atomic E-state index is 14.4. The van der Waals surface area contributed by atoms with Crippen LogP contribution in [0.15, 0.2) is 36.5 Å². The van der Waals surface area contributed by atoms with Crippen molar-refractivity contribution < 1.29 is 14.2 Å². The topological polar surface area (TPSA) is 48.8 Å². The van der Waals surface area contributed by atoms with Crippen molar-refractivity contribution in [2.45, 2.75) is 13.2 Å². The van der Waals surface area contributed by atoms with Crippen LogP contribution in [0.2, 0.25) is 0 Å². The number of halogens is 1. The van der Waals surface area contributed by atoms with Gasteiger partial charge in [-0.15, -0.1) is 0 Å². The summed E-state index contributed by atoms with van der Waals surface area (Å²) in [7, 11) is 1.65. The number of nitrogens with zero attached hydrogens (tertiary/aromatic N) is 3. The minimum Gasteiger partial charge on any atom is -0.392 e. The number of rotatable bonds is 5. The molecule has 0 saturated carbocycles. The molecule has 24 heavy (non-hydrogen) atoms. The minimum absolute atomic E-state index is 0.279. The fraction of sp³-hybridized carbons (Fsp3) is 0.389. The zero-order valence-electron chi connectivity index (χ0n) is 13.8. The molecule has 0 atom stereocenters. The van der Waals surface area contributed by atoms with Gasteiger partial charge in [-0.2, -0.15) is 0 Å². The predicted octanol–water partition coefficient (Wildman–Crippen LogP) is 2.19. The molecule has 1 saturated heterocycles. The van der Waals surface area contributed by atoms with Crippen molar-refractivity contribution in [3.63, 3.8) is 0 Å². The number of aliphatic hydroxyl groups excluding tert-OH is 1. The van der Waals surface area contributed by atoms with Gasteiger partial charge in [0.15, 0.2) is 5.82 Å². The maximum Gasteiger partial charge on any atom is 0.151 e. The fourth-order valence-electron chi connectivity index (χ4n) is 3.03. The lowest BCUT2D eigenvalue weighted by atomic mass is 10.1. The quantitative estimate of drug-likeness (QED) is 0.910. The van der Waals surface area contributed by atoms with Crippen molar-refractivity contribution in [2.24, 2.45) is 0 Å². The van der Waals surface area contributed by atoms with E-state index in [4.69, 9.17) is 4.74 Å². The third-order valence-electron chi connectivity index (χ3n) is 4.31. The van der Waals surface area contributed by atoms with Crippen LogP contribution in [-0.4, -0.2) is 43.4 Å². The molecule has 1 aromatic heterocycles. The highest BCUT2D eigenvalue weighted by Gasteiger charge is 2.21. The van der Waals surface area contributed by atoms with Crippen molar-refractivity contribution >= 4 is 11.4 Å². The first-order valence-electron chi connectivity index (χ1n) is 8.05. The molecule has 1 fully saturated rings. The van der Waals surface area contributed by atoms with E-state index in [1.165, 1.54) is 0 Å². The van der Waals surface area contributed by atoms with Crippen LogP contribution < -0.4 is 9.80 Å². The number of aromatic nitrogens is 1. The highest BCUT2D eigenvalue weighted by atomic mass is 19.1. The Kier molecular flexibility index (Phi) is 5.27. The molecule has 0 spiro atoms. The van der Waals surface area contributed by atoms with Crippen LogP contribution in [-0.2, 0) is 18.0 Å². The lowest BCUT2D eigenvalue weighted by Gasteiger charge is -2.37. The maximum absolute atomic E-state index is 14.4. The summed E-state index contributed by atoms with van der Waals surface area (Å²) in [5.41, 5.74) is 2.92. The van der Waals surface area contributed by atoms with Gasteiger partial charge < -0.3 is 19.6 Å². The van der Waals surface area contributed by atoms with Crippen LogP contribution in [0.1, 0.15) is 11.3 Å². The van der Waals surface area contributed by atoms with Crippen molar-refractivity contribution in [3.05, 3.63) is 53.6 Å². The van der Waals surface area contributed by atoms with Gasteiger partial charge >= 0.3 is 0 Å². The molecular formula is C18H22FN3O2. The van der Waals surface area contributed by atoms with E-state index in [9.17, 15) is 9.50 Å². The first-order chi connectivity index (χ1) is 11.7. The van der Waals surface area contributed by atoms with Crippen molar-refractivity contribution in [1.82, 2.24) is 4.98 Å². The Bertz CT molecular complexity index is 688. The molecule has 5 nitrogen and oxygen atoms in total. The average Bonchev–Trinajstić information content (AvgIpc) is 2.63. The molecule has 1 N–H and O–H groups in total. The van der Waals surface area contributed by atoms with Crippen LogP contribution in [0.4, 0.5) is 15.8 Å². The molecule has 0 unspecified atom stereocenters. The summed E-state index contributed by atoms with van der Waals surface area (Å²) in [6.07, 6.45) is 1.79. The van der Waals surface area contributed by atoms with Gasteiger partial charge in [-0.1, -0.05) is 12.1 Å². The van der Waals surface area contributed by atoms with E-state index in [-0.39, 0.29) is 12.4 Å². The van der Waals surface area contributed by atoms with Gasteiger partial charge in [0, 0.05) is 50.7 Å². The van der Waals surface area contributed by atoms with E-state index < -0.39 is 0 Å². The SMILES string of the molecule is COCc1cc(N2CCN(c3cccc(CO)c3F)CC2)ccn1. The Labute approximate surface area is 141 Å². The summed E-state index contributed by atoms with van der Waals surface area (Å²) in [5.74, 6) is -0.320. The number of anilines is 2. The molecule has 3 rings (SSSR count). The van der Waals surface area contributed by atoms with Crippen molar-refractivity contribution in [3.8, 4) is 0 Å². The molecule has 0 radical (unpaired) electrons. The number of methoxy groups -OCH3 is 1. The van der Waals surface area contributed by atoms with Crippen LogP contribution in [0.25, 0.3) is 0 Å². The molecule has 0 aliphatic carbocycles. The predicted molar refractivity (Wildman–Crippen MR) is 91.7 cm³/mol. The fourth-order valence-corrected chi connectivity index (χ4v) is 3.03. The Morgan fingerprint density at radius 1 is 1.17 bits per heavy atom. The largest absolute Gasteiger partial charge is 0.392 e. The Morgan fingerprint density at radius 2 is 1.92 bits per heavy atom. The highest BCUT2D eigenvalue weighted by molar-refractivity contribution is 5.53. The van der Waals surface area contributed by atoms with E-state index >= 15 is 0 Å². The molecule has 1 aliphatic rings. The van der Waals surface area contributed by atoms with Gasteiger partial charge in [-0.3, -0.25) is 4.98 Å². The molecule has 6 heteroatoms. The molecule has 0 bridgehead atoms. The number of pyridine rings is 1. The number of ether oxygens (including phenoxy) is 1. The molecule has 1 aromatic carbocycles. The van der Waals surface area contributed by atoms with Crippen LogP contribution >= 0.6 is 0 Å². The first kappa shape index (κ1) is 16.7. The van der Waals surface area contributed by atoms with Crippen molar-refractivity contribution in [1.29, 1.82) is 0 Å². The smallest absolute Gasteiger partial charge is 0.151 e. The number of benzene rings is 1. The second-order valence-electron chi connectivity index (χ2n) is 5.82. The number of aliphatic hydroxyl groups is 1. The summed E-state index contributed by atoms with van der Waals surface area (Å²) in [4.78, 5) is 8.58. The normalized spacial score (nSPS) is 15.0. The van der Waals surface area contributed by atoms with Crippen LogP contribution in [0.3, 0.4) is 0 Å². The molecule has 2 heterocycles. The van der Waals surface area contributed by atoms with Gasteiger partial charge in [0.1, 0.15) is 0 Å². The van der Waals surface area contributed by atoms with Gasteiger partial charge in [-0.05, 0) is 18.2 Å². The van der Waals surface area contributed by atoms with Gasteiger partial charge in [0.05, 0.1) is 24.6 Å². The van der Waals surface area contributed by atoms with E-state index in [1.54, 1.807) is 31.5 Å². The Morgan fingerprint density at radius 3 is 2.62 bits per heavy atom.